The molecule has 2 heterocycles. The minimum Gasteiger partial charge on any atom is -0.369 e. The van der Waals surface area contributed by atoms with E-state index in [9.17, 15) is 4.79 Å². The minimum absolute atomic E-state index is 0.160. The highest BCUT2D eigenvalue weighted by molar-refractivity contribution is 6.15. The molecule has 1 aliphatic carbocycles. The molecule has 7 nitrogen and oxygen atoms in total. The lowest BCUT2D eigenvalue weighted by Crippen LogP contribution is -2.58. The monoisotopic (exact) mass is 362 g/mol. The number of aromatic nitrogens is 1. The number of anilines is 1. The molecule has 1 saturated carbocycles. The van der Waals surface area contributed by atoms with Gasteiger partial charge in [-0.3, -0.25) is 14.7 Å². The summed E-state index contributed by atoms with van der Waals surface area (Å²) in [5.74, 6) is 0.303. The largest absolute Gasteiger partial charge is 0.369 e. The van der Waals surface area contributed by atoms with E-state index in [1.807, 2.05) is 23.1 Å². The third kappa shape index (κ3) is 3.05. The van der Waals surface area contributed by atoms with Gasteiger partial charge in [-0.15, -0.1) is 0 Å². The van der Waals surface area contributed by atoms with Gasteiger partial charge in [0, 0.05) is 11.8 Å². The van der Waals surface area contributed by atoms with Gasteiger partial charge in [0.25, 0.3) is 0 Å². The fraction of sp³-hybridized carbons (Fsp3) is 0.300. The second kappa shape index (κ2) is 6.83. The number of aliphatic imine (C=N–C) groups is 2. The zero-order valence-electron chi connectivity index (χ0n) is 15.0. The predicted molar refractivity (Wildman–Crippen MR) is 106 cm³/mol. The number of hydrogen-bond donors (Lipinski definition) is 2. The maximum absolute atomic E-state index is 13.1. The van der Waals surface area contributed by atoms with Gasteiger partial charge in [-0.25, -0.2) is 4.99 Å². The number of pyridine rings is 1. The van der Waals surface area contributed by atoms with Crippen LogP contribution in [0.4, 0.5) is 5.69 Å². The third-order valence-electron chi connectivity index (χ3n) is 5.14. The van der Waals surface area contributed by atoms with E-state index in [0.717, 1.165) is 32.1 Å². The van der Waals surface area contributed by atoms with Gasteiger partial charge in [-0.1, -0.05) is 24.6 Å². The summed E-state index contributed by atoms with van der Waals surface area (Å²) in [6, 6.07) is 12.7. The van der Waals surface area contributed by atoms with Crippen molar-refractivity contribution in [3.63, 3.8) is 0 Å². The van der Waals surface area contributed by atoms with Gasteiger partial charge in [0.05, 0.1) is 5.69 Å². The molecule has 1 fully saturated rings. The van der Waals surface area contributed by atoms with Crippen LogP contribution in [0.15, 0.2) is 58.6 Å². The summed E-state index contributed by atoms with van der Waals surface area (Å²) in [6.45, 7) is 0. The lowest BCUT2D eigenvalue weighted by molar-refractivity contribution is 0.103. The zero-order chi connectivity index (χ0) is 18.9. The molecule has 2 aromatic rings. The molecule has 1 aromatic heterocycles. The summed E-state index contributed by atoms with van der Waals surface area (Å²) in [5.41, 5.74) is 13.3. The number of rotatable bonds is 3. The van der Waals surface area contributed by atoms with E-state index in [2.05, 4.69) is 15.0 Å². The Morgan fingerprint density at radius 2 is 1.74 bits per heavy atom. The summed E-state index contributed by atoms with van der Waals surface area (Å²) in [6.07, 6.45) is 6.44. The van der Waals surface area contributed by atoms with Gasteiger partial charge in [0.1, 0.15) is 11.4 Å². The van der Waals surface area contributed by atoms with E-state index in [-0.39, 0.29) is 17.7 Å². The minimum atomic E-state index is -0.589. The summed E-state index contributed by atoms with van der Waals surface area (Å²) in [4.78, 5) is 28.1. The van der Waals surface area contributed by atoms with Gasteiger partial charge in [0.15, 0.2) is 0 Å². The molecule has 2 aliphatic rings. The molecule has 0 bridgehead atoms. The van der Waals surface area contributed by atoms with Crippen molar-refractivity contribution in [2.24, 2.45) is 21.5 Å². The average molecular weight is 362 g/mol. The number of ketones is 1. The fourth-order valence-electron chi connectivity index (χ4n) is 3.97. The van der Waals surface area contributed by atoms with Crippen molar-refractivity contribution in [1.29, 1.82) is 0 Å². The Balaban J connectivity index is 1.83. The standard InChI is InChI=1S/C20H22N6O/c21-18-24-19(22)26(20(25-18)11-5-1-6-12-20)16-10-3-2-8-14(16)17(27)15-9-4-7-13-23-15/h2-4,7-10,13H,1,5-6,11-12H2,(H4,21,22,24,25). The molecule has 0 radical (unpaired) electrons. The van der Waals surface area contributed by atoms with Crippen molar-refractivity contribution in [2.45, 2.75) is 37.8 Å². The fourth-order valence-corrected chi connectivity index (χ4v) is 3.97. The van der Waals surface area contributed by atoms with Gasteiger partial charge in [-0.05, 0) is 49.9 Å². The van der Waals surface area contributed by atoms with Crippen molar-refractivity contribution < 1.29 is 4.79 Å². The van der Waals surface area contributed by atoms with Gasteiger partial charge < -0.3 is 11.5 Å². The smallest absolute Gasteiger partial charge is 0.220 e. The van der Waals surface area contributed by atoms with Crippen LogP contribution in [0.1, 0.15) is 48.2 Å². The molecule has 0 atom stereocenters. The molecule has 0 amide bonds. The molecule has 138 valence electrons. The van der Waals surface area contributed by atoms with Crippen LogP contribution in [0.3, 0.4) is 0 Å². The average Bonchev–Trinajstić information content (AvgIpc) is 2.68. The van der Waals surface area contributed by atoms with E-state index < -0.39 is 5.66 Å². The Labute approximate surface area is 157 Å². The molecular formula is C20H22N6O. The van der Waals surface area contributed by atoms with E-state index in [4.69, 9.17) is 11.5 Å². The normalized spacial score (nSPS) is 18.7. The molecule has 4 N–H and O–H groups in total. The first kappa shape index (κ1) is 17.2. The first-order valence-electron chi connectivity index (χ1n) is 9.15. The van der Waals surface area contributed by atoms with Crippen LogP contribution in [-0.4, -0.2) is 28.3 Å². The quantitative estimate of drug-likeness (QED) is 0.815. The van der Waals surface area contributed by atoms with Crippen molar-refractivity contribution >= 4 is 23.4 Å². The highest BCUT2D eigenvalue weighted by Gasteiger charge is 2.43. The summed E-state index contributed by atoms with van der Waals surface area (Å²) in [5, 5.41) is 0. The maximum Gasteiger partial charge on any atom is 0.220 e. The number of benzene rings is 1. The van der Waals surface area contributed by atoms with Crippen molar-refractivity contribution in [3.8, 4) is 0 Å². The molecule has 0 saturated heterocycles. The zero-order valence-corrected chi connectivity index (χ0v) is 15.0. The van der Waals surface area contributed by atoms with Gasteiger partial charge >= 0.3 is 0 Å². The van der Waals surface area contributed by atoms with Crippen molar-refractivity contribution in [2.75, 3.05) is 4.90 Å². The molecule has 1 spiro atoms. The lowest BCUT2D eigenvalue weighted by atomic mass is 9.86. The van der Waals surface area contributed by atoms with E-state index in [0.29, 0.717) is 16.9 Å². The highest BCUT2D eigenvalue weighted by Crippen LogP contribution is 2.40. The molecule has 7 heteroatoms. The number of nitrogens with two attached hydrogens (primary N) is 2. The lowest BCUT2D eigenvalue weighted by Gasteiger charge is -2.46. The van der Waals surface area contributed by atoms with Crippen LogP contribution < -0.4 is 16.4 Å². The summed E-state index contributed by atoms with van der Waals surface area (Å²) in [7, 11) is 0. The van der Waals surface area contributed by atoms with Crippen LogP contribution in [0.5, 0.6) is 0 Å². The summed E-state index contributed by atoms with van der Waals surface area (Å²) >= 11 is 0. The molecule has 4 rings (SSSR count). The first-order valence-corrected chi connectivity index (χ1v) is 9.15. The molecule has 1 aromatic carbocycles. The molecule has 1 aliphatic heterocycles. The SMILES string of the molecule is NC1=NC2(CCCCC2)N(c2ccccc2C(=O)c2ccccn2)C(N)=N1. The van der Waals surface area contributed by atoms with Gasteiger partial charge in [-0.2, -0.15) is 4.99 Å². The van der Waals surface area contributed by atoms with E-state index in [1.54, 1.807) is 30.5 Å². The second-order valence-electron chi connectivity index (χ2n) is 6.88. The Bertz CT molecular complexity index is 915. The number of hydrogen-bond acceptors (Lipinski definition) is 7. The van der Waals surface area contributed by atoms with Gasteiger partial charge in [0.2, 0.25) is 17.7 Å². The maximum atomic E-state index is 13.1. The van der Waals surface area contributed by atoms with Crippen LogP contribution in [0.2, 0.25) is 0 Å². The first-order chi connectivity index (χ1) is 13.1. The predicted octanol–water partition coefficient (Wildman–Crippen LogP) is 2.42. The molecular weight excluding hydrogens is 340 g/mol. The Hall–Kier alpha value is -3.22. The third-order valence-corrected chi connectivity index (χ3v) is 5.14. The number of carbonyl (C=O) groups is 1. The van der Waals surface area contributed by atoms with Crippen LogP contribution in [0, 0.1) is 0 Å². The number of guanidine groups is 2. The van der Waals surface area contributed by atoms with Crippen LogP contribution in [0.25, 0.3) is 0 Å². The number of nitrogens with zero attached hydrogens (tertiary/aromatic N) is 4. The van der Waals surface area contributed by atoms with Crippen LogP contribution in [-0.2, 0) is 0 Å². The second-order valence-corrected chi connectivity index (χ2v) is 6.88. The Kier molecular flexibility index (Phi) is 4.35. The topological polar surface area (TPSA) is 110 Å². The van der Waals surface area contributed by atoms with Crippen LogP contribution >= 0.6 is 0 Å². The summed E-state index contributed by atoms with van der Waals surface area (Å²) < 4.78 is 0. The molecule has 27 heavy (non-hydrogen) atoms. The van der Waals surface area contributed by atoms with E-state index >= 15 is 0 Å². The van der Waals surface area contributed by atoms with Crippen molar-refractivity contribution in [1.82, 2.24) is 4.98 Å². The molecule has 0 unspecified atom stereocenters. The Morgan fingerprint density at radius 3 is 2.48 bits per heavy atom. The van der Waals surface area contributed by atoms with E-state index in [1.165, 1.54) is 0 Å². The number of para-hydroxylation sites is 1. The highest BCUT2D eigenvalue weighted by atomic mass is 16.1. The van der Waals surface area contributed by atoms with Crippen molar-refractivity contribution in [3.05, 3.63) is 59.9 Å². The Morgan fingerprint density at radius 1 is 1.00 bits per heavy atom. The number of carbonyl (C=O) groups excluding carboxylic acids is 1.